The molecule has 0 spiro atoms. The van der Waals surface area contributed by atoms with Crippen LogP contribution in [0.2, 0.25) is 0 Å². The van der Waals surface area contributed by atoms with E-state index >= 15 is 0 Å². The summed E-state index contributed by atoms with van der Waals surface area (Å²) in [5, 5.41) is 0. The third-order valence-electron chi connectivity index (χ3n) is 2.20. The van der Waals surface area contributed by atoms with E-state index in [1.807, 2.05) is 26.0 Å². The molecule has 1 aliphatic rings. The molecule has 0 aliphatic carbocycles. The van der Waals surface area contributed by atoms with Crippen molar-refractivity contribution in [2.45, 2.75) is 19.4 Å². The zero-order chi connectivity index (χ0) is 9.31. The average Bonchev–Trinajstić information content (AvgIpc) is 2.26. The van der Waals surface area contributed by atoms with Gasteiger partial charge in [-0.15, -0.1) is 0 Å². The van der Waals surface area contributed by atoms with Crippen molar-refractivity contribution < 1.29 is 9.47 Å². The molecule has 0 aromatic carbocycles. The highest BCUT2D eigenvalue weighted by Crippen LogP contribution is 2.32. The van der Waals surface area contributed by atoms with Crippen LogP contribution in [0.1, 0.15) is 19.4 Å². The molecule has 13 heavy (non-hydrogen) atoms. The summed E-state index contributed by atoms with van der Waals surface area (Å²) in [5.74, 6) is 0.699. The summed E-state index contributed by atoms with van der Waals surface area (Å²) >= 11 is 0. The second kappa shape index (κ2) is 3.00. The van der Waals surface area contributed by atoms with Gasteiger partial charge in [-0.2, -0.15) is 0 Å². The second-order valence-electron chi connectivity index (χ2n) is 3.56. The van der Waals surface area contributed by atoms with E-state index < -0.39 is 0 Å². The quantitative estimate of drug-likeness (QED) is 0.607. The topological polar surface area (TPSA) is 31.4 Å². The van der Waals surface area contributed by atoms with Crippen LogP contribution >= 0.6 is 0 Å². The van der Waals surface area contributed by atoms with Crippen molar-refractivity contribution >= 4 is 0 Å². The Morgan fingerprint density at radius 2 is 2.23 bits per heavy atom. The molecule has 0 radical (unpaired) electrons. The van der Waals surface area contributed by atoms with Crippen LogP contribution in [0, 0.1) is 0 Å². The molecule has 0 saturated carbocycles. The van der Waals surface area contributed by atoms with E-state index in [0.29, 0.717) is 19.1 Å². The third kappa shape index (κ3) is 1.52. The molecule has 0 fully saturated rings. The van der Waals surface area contributed by atoms with Gasteiger partial charge in [0.1, 0.15) is 6.61 Å². The maximum absolute atomic E-state index is 5.65. The van der Waals surface area contributed by atoms with Gasteiger partial charge in [-0.3, -0.25) is 0 Å². The molecule has 0 atom stereocenters. The van der Waals surface area contributed by atoms with Crippen LogP contribution in [0.4, 0.5) is 0 Å². The molecule has 70 valence electrons. The first-order chi connectivity index (χ1) is 6.20. The number of hydrogen-bond donors (Lipinski definition) is 0. The standard InChI is InChI=1S/C10H13NO2/c1-10(2)8-4-3-5-11-9(8)12-6-7-13-10/h3-5H,6-7H2,1-2H3. The van der Waals surface area contributed by atoms with Gasteiger partial charge < -0.3 is 9.47 Å². The van der Waals surface area contributed by atoms with Gasteiger partial charge in [0, 0.05) is 11.8 Å². The molecule has 3 nitrogen and oxygen atoms in total. The Hall–Kier alpha value is -1.09. The summed E-state index contributed by atoms with van der Waals surface area (Å²) in [7, 11) is 0. The highest BCUT2D eigenvalue weighted by molar-refractivity contribution is 5.31. The highest BCUT2D eigenvalue weighted by Gasteiger charge is 2.28. The molecule has 3 heteroatoms. The Morgan fingerprint density at radius 3 is 3.08 bits per heavy atom. The maximum Gasteiger partial charge on any atom is 0.219 e. The molecule has 2 rings (SSSR count). The van der Waals surface area contributed by atoms with Crippen LogP contribution in [0.5, 0.6) is 5.88 Å². The Labute approximate surface area is 77.7 Å². The van der Waals surface area contributed by atoms with Crippen LogP contribution in [-0.4, -0.2) is 18.2 Å². The SMILES string of the molecule is CC1(C)OCCOc2ncccc21. The average molecular weight is 179 g/mol. The maximum atomic E-state index is 5.65. The fraction of sp³-hybridized carbons (Fsp3) is 0.500. The number of aromatic nitrogens is 1. The predicted octanol–water partition coefficient (Wildman–Crippen LogP) is 1.73. The summed E-state index contributed by atoms with van der Waals surface area (Å²) in [6.07, 6.45) is 1.74. The number of pyridine rings is 1. The Balaban J connectivity index is 2.48. The molecular formula is C10H13NO2. The van der Waals surface area contributed by atoms with Crippen LogP contribution in [0.25, 0.3) is 0 Å². The molecule has 0 saturated heterocycles. The van der Waals surface area contributed by atoms with Gasteiger partial charge in [-0.25, -0.2) is 4.98 Å². The zero-order valence-electron chi connectivity index (χ0n) is 7.91. The number of nitrogens with zero attached hydrogens (tertiary/aromatic N) is 1. The Morgan fingerprint density at radius 1 is 1.38 bits per heavy atom. The summed E-state index contributed by atoms with van der Waals surface area (Å²) in [5.41, 5.74) is 0.729. The molecular weight excluding hydrogens is 166 g/mol. The summed E-state index contributed by atoms with van der Waals surface area (Å²) in [4.78, 5) is 4.17. The van der Waals surface area contributed by atoms with Gasteiger partial charge in [-0.1, -0.05) is 0 Å². The summed E-state index contributed by atoms with van der Waals surface area (Å²) in [6, 6.07) is 3.90. The van der Waals surface area contributed by atoms with Gasteiger partial charge in [0.2, 0.25) is 5.88 Å². The predicted molar refractivity (Wildman–Crippen MR) is 48.7 cm³/mol. The van der Waals surface area contributed by atoms with E-state index in [2.05, 4.69) is 4.98 Å². The van der Waals surface area contributed by atoms with Crippen LogP contribution in [0.3, 0.4) is 0 Å². The highest BCUT2D eigenvalue weighted by atomic mass is 16.5. The number of fused-ring (bicyclic) bond motifs is 1. The van der Waals surface area contributed by atoms with Crippen molar-refractivity contribution in [3.63, 3.8) is 0 Å². The van der Waals surface area contributed by atoms with E-state index in [0.717, 1.165) is 5.56 Å². The van der Waals surface area contributed by atoms with Crippen molar-refractivity contribution in [1.29, 1.82) is 0 Å². The first kappa shape index (κ1) is 8.51. The largest absolute Gasteiger partial charge is 0.475 e. The molecule has 2 heterocycles. The van der Waals surface area contributed by atoms with E-state index in [9.17, 15) is 0 Å². The second-order valence-corrected chi connectivity index (χ2v) is 3.56. The third-order valence-corrected chi connectivity index (χ3v) is 2.20. The number of ether oxygens (including phenoxy) is 2. The molecule has 1 aromatic rings. The van der Waals surface area contributed by atoms with Crippen molar-refractivity contribution in [2.24, 2.45) is 0 Å². The van der Waals surface area contributed by atoms with Crippen molar-refractivity contribution in [3.05, 3.63) is 23.9 Å². The van der Waals surface area contributed by atoms with Crippen LogP contribution in [0.15, 0.2) is 18.3 Å². The van der Waals surface area contributed by atoms with Gasteiger partial charge in [0.25, 0.3) is 0 Å². The molecule has 0 unspecified atom stereocenters. The number of hydrogen-bond acceptors (Lipinski definition) is 3. The molecule has 1 aromatic heterocycles. The summed E-state index contributed by atoms with van der Waals surface area (Å²) in [6.45, 7) is 5.25. The first-order valence-electron chi connectivity index (χ1n) is 4.42. The lowest BCUT2D eigenvalue weighted by molar-refractivity contribution is -0.0211. The minimum Gasteiger partial charge on any atom is -0.475 e. The Bertz CT molecular complexity index is 310. The van der Waals surface area contributed by atoms with Crippen molar-refractivity contribution in [2.75, 3.05) is 13.2 Å². The van der Waals surface area contributed by atoms with Gasteiger partial charge >= 0.3 is 0 Å². The van der Waals surface area contributed by atoms with Crippen LogP contribution in [-0.2, 0) is 10.3 Å². The van der Waals surface area contributed by atoms with Crippen molar-refractivity contribution in [1.82, 2.24) is 4.98 Å². The minimum atomic E-state index is -0.292. The fourth-order valence-corrected chi connectivity index (χ4v) is 1.48. The molecule has 1 aliphatic heterocycles. The normalized spacial score (nSPS) is 19.8. The smallest absolute Gasteiger partial charge is 0.219 e. The summed E-state index contributed by atoms with van der Waals surface area (Å²) < 4.78 is 11.1. The lowest BCUT2D eigenvalue weighted by atomic mass is 10.00. The molecule has 0 bridgehead atoms. The zero-order valence-corrected chi connectivity index (χ0v) is 7.91. The van der Waals surface area contributed by atoms with E-state index in [-0.39, 0.29) is 5.60 Å². The Kier molecular flexibility index (Phi) is 1.96. The van der Waals surface area contributed by atoms with Crippen LogP contribution < -0.4 is 4.74 Å². The van der Waals surface area contributed by atoms with Gasteiger partial charge in [0.05, 0.1) is 12.2 Å². The number of rotatable bonds is 0. The minimum absolute atomic E-state index is 0.292. The van der Waals surface area contributed by atoms with Gasteiger partial charge in [-0.05, 0) is 26.0 Å². The van der Waals surface area contributed by atoms with E-state index in [4.69, 9.17) is 9.47 Å². The van der Waals surface area contributed by atoms with E-state index in [1.54, 1.807) is 6.20 Å². The molecule has 0 amide bonds. The first-order valence-corrected chi connectivity index (χ1v) is 4.42. The lowest BCUT2D eigenvalue weighted by Gasteiger charge is -2.23. The molecule has 0 N–H and O–H groups in total. The van der Waals surface area contributed by atoms with Crippen molar-refractivity contribution in [3.8, 4) is 5.88 Å². The fourth-order valence-electron chi connectivity index (χ4n) is 1.48. The van der Waals surface area contributed by atoms with E-state index in [1.165, 1.54) is 0 Å². The lowest BCUT2D eigenvalue weighted by Crippen LogP contribution is -2.21. The monoisotopic (exact) mass is 179 g/mol. The van der Waals surface area contributed by atoms with Gasteiger partial charge in [0.15, 0.2) is 0 Å².